The molecule has 2 aromatic carbocycles. The number of hydrogen-bond acceptors (Lipinski definition) is 4. The Kier molecular flexibility index (Phi) is 5.76. The van der Waals surface area contributed by atoms with Crippen LogP contribution < -0.4 is 4.74 Å². The summed E-state index contributed by atoms with van der Waals surface area (Å²) in [5, 5.41) is 11.3. The summed E-state index contributed by atoms with van der Waals surface area (Å²) in [4.78, 5) is 0. The van der Waals surface area contributed by atoms with Gasteiger partial charge in [-0.15, -0.1) is 0 Å². The third-order valence-electron chi connectivity index (χ3n) is 3.64. The quantitative estimate of drug-likeness (QED) is 0.510. The Balaban J connectivity index is 1.69. The molecule has 0 aliphatic heterocycles. The standard InChI is InChI=1S/C20H20N4OS/c1-15-11-16(2)13-18(12-15)25-14-19-22-23-20(26)24(19)21-10-6-9-17-7-4-3-5-8-17/h3-13H,14H2,1-2H3,(H,23,26)/b9-6+,21-10-. The van der Waals surface area contributed by atoms with Gasteiger partial charge in [0, 0.05) is 6.21 Å². The average molecular weight is 364 g/mol. The van der Waals surface area contributed by atoms with Crippen molar-refractivity contribution in [1.82, 2.24) is 14.9 Å². The molecule has 132 valence electrons. The van der Waals surface area contributed by atoms with Gasteiger partial charge in [0.1, 0.15) is 12.4 Å². The second-order valence-electron chi connectivity index (χ2n) is 5.90. The normalized spacial score (nSPS) is 11.5. The van der Waals surface area contributed by atoms with Crippen LogP contribution in [0.5, 0.6) is 5.75 Å². The highest BCUT2D eigenvalue weighted by Gasteiger charge is 2.06. The van der Waals surface area contributed by atoms with Crippen molar-refractivity contribution < 1.29 is 4.74 Å². The van der Waals surface area contributed by atoms with Gasteiger partial charge in [-0.1, -0.05) is 42.5 Å². The zero-order chi connectivity index (χ0) is 18.4. The number of aromatic nitrogens is 3. The molecule has 1 heterocycles. The Bertz CT molecular complexity index is 966. The Hall–Kier alpha value is -2.99. The fourth-order valence-corrected chi connectivity index (χ4v) is 2.72. The van der Waals surface area contributed by atoms with E-state index in [0.717, 1.165) is 22.4 Å². The summed E-state index contributed by atoms with van der Waals surface area (Å²) in [5.41, 5.74) is 3.42. The van der Waals surface area contributed by atoms with Gasteiger partial charge in [0.15, 0.2) is 5.82 Å². The fraction of sp³-hybridized carbons (Fsp3) is 0.150. The Morgan fingerprint density at radius 3 is 2.62 bits per heavy atom. The molecule has 0 saturated carbocycles. The minimum atomic E-state index is 0.274. The lowest BCUT2D eigenvalue weighted by Gasteiger charge is -2.07. The molecule has 0 fully saturated rings. The van der Waals surface area contributed by atoms with E-state index in [1.54, 1.807) is 10.9 Å². The van der Waals surface area contributed by atoms with Gasteiger partial charge in [-0.3, -0.25) is 0 Å². The monoisotopic (exact) mass is 364 g/mol. The van der Waals surface area contributed by atoms with Crippen molar-refractivity contribution in [3.63, 3.8) is 0 Å². The highest BCUT2D eigenvalue weighted by Crippen LogP contribution is 2.17. The number of allylic oxidation sites excluding steroid dienone is 1. The number of rotatable bonds is 6. The van der Waals surface area contributed by atoms with Crippen molar-refractivity contribution in [2.24, 2.45) is 5.10 Å². The first-order valence-electron chi connectivity index (χ1n) is 8.25. The highest BCUT2D eigenvalue weighted by molar-refractivity contribution is 7.71. The van der Waals surface area contributed by atoms with E-state index in [1.807, 2.05) is 68.5 Å². The van der Waals surface area contributed by atoms with Gasteiger partial charge >= 0.3 is 0 Å². The first kappa shape index (κ1) is 17.8. The van der Waals surface area contributed by atoms with E-state index in [-0.39, 0.29) is 6.61 Å². The zero-order valence-corrected chi connectivity index (χ0v) is 15.5. The van der Waals surface area contributed by atoms with Crippen LogP contribution in [0.4, 0.5) is 0 Å². The van der Waals surface area contributed by atoms with Crippen molar-refractivity contribution in [1.29, 1.82) is 0 Å². The minimum absolute atomic E-state index is 0.274. The van der Waals surface area contributed by atoms with Crippen LogP contribution in [0.1, 0.15) is 22.5 Å². The molecule has 6 heteroatoms. The Morgan fingerprint density at radius 1 is 1.15 bits per heavy atom. The molecule has 0 spiro atoms. The maximum Gasteiger partial charge on any atom is 0.216 e. The molecule has 5 nitrogen and oxygen atoms in total. The van der Waals surface area contributed by atoms with Crippen LogP contribution in [0.15, 0.2) is 59.7 Å². The van der Waals surface area contributed by atoms with Gasteiger partial charge in [0.25, 0.3) is 0 Å². The van der Waals surface area contributed by atoms with Crippen LogP contribution in [-0.2, 0) is 6.61 Å². The number of H-pyrrole nitrogens is 1. The maximum atomic E-state index is 5.84. The number of aromatic amines is 1. The summed E-state index contributed by atoms with van der Waals surface area (Å²) in [6.07, 6.45) is 5.51. The van der Waals surface area contributed by atoms with Gasteiger partial charge in [-0.05, 0) is 61.0 Å². The largest absolute Gasteiger partial charge is 0.486 e. The molecule has 0 atom stereocenters. The highest BCUT2D eigenvalue weighted by atomic mass is 32.1. The lowest BCUT2D eigenvalue weighted by molar-refractivity contribution is 0.290. The summed E-state index contributed by atoms with van der Waals surface area (Å²) < 4.78 is 7.83. The van der Waals surface area contributed by atoms with Gasteiger partial charge in [0.2, 0.25) is 4.77 Å². The number of nitrogens with one attached hydrogen (secondary N) is 1. The summed E-state index contributed by atoms with van der Waals surface area (Å²) in [6, 6.07) is 16.1. The molecule has 1 aromatic heterocycles. The van der Waals surface area contributed by atoms with Crippen LogP contribution in [0, 0.1) is 18.6 Å². The summed E-state index contributed by atoms with van der Waals surface area (Å²) >= 11 is 5.24. The smallest absolute Gasteiger partial charge is 0.216 e. The van der Waals surface area contributed by atoms with Gasteiger partial charge in [-0.2, -0.15) is 14.9 Å². The second kappa shape index (κ2) is 8.40. The van der Waals surface area contributed by atoms with Gasteiger partial charge in [-0.25, -0.2) is 5.10 Å². The van der Waals surface area contributed by atoms with E-state index >= 15 is 0 Å². The first-order valence-corrected chi connectivity index (χ1v) is 8.66. The lowest BCUT2D eigenvalue weighted by Crippen LogP contribution is -2.04. The summed E-state index contributed by atoms with van der Waals surface area (Å²) in [7, 11) is 0. The van der Waals surface area contributed by atoms with Crippen molar-refractivity contribution >= 4 is 24.5 Å². The molecular formula is C20H20N4OS. The van der Waals surface area contributed by atoms with Crippen molar-refractivity contribution in [2.45, 2.75) is 20.5 Å². The molecule has 3 aromatic rings. The molecule has 0 radical (unpaired) electrons. The molecule has 0 aliphatic carbocycles. The van der Waals surface area contributed by atoms with Gasteiger partial charge in [0.05, 0.1) is 0 Å². The van der Waals surface area contributed by atoms with E-state index in [9.17, 15) is 0 Å². The zero-order valence-electron chi connectivity index (χ0n) is 14.7. The van der Waals surface area contributed by atoms with Crippen molar-refractivity contribution in [3.05, 3.63) is 81.9 Å². The summed E-state index contributed by atoms with van der Waals surface area (Å²) in [6.45, 7) is 4.36. The molecule has 0 aliphatic rings. The third kappa shape index (κ3) is 4.77. The predicted octanol–water partition coefficient (Wildman–Crippen LogP) is 4.68. The molecule has 0 bridgehead atoms. The molecule has 0 saturated heterocycles. The van der Waals surface area contributed by atoms with E-state index in [2.05, 4.69) is 21.4 Å². The van der Waals surface area contributed by atoms with Crippen LogP contribution in [-0.4, -0.2) is 21.1 Å². The topological polar surface area (TPSA) is 55.2 Å². The molecule has 26 heavy (non-hydrogen) atoms. The van der Waals surface area contributed by atoms with Crippen LogP contribution in [0.25, 0.3) is 6.08 Å². The predicted molar refractivity (Wildman–Crippen MR) is 107 cm³/mol. The maximum absolute atomic E-state index is 5.84. The number of nitrogens with zero attached hydrogens (tertiary/aromatic N) is 3. The first-order chi connectivity index (χ1) is 12.6. The van der Waals surface area contributed by atoms with E-state index in [4.69, 9.17) is 17.0 Å². The molecular weight excluding hydrogens is 344 g/mol. The second-order valence-corrected chi connectivity index (χ2v) is 6.29. The lowest BCUT2D eigenvalue weighted by atomic mass is 10.1. The number of aryl methyl sites for hydroxylation is 2. The van der Waals surface area contributed by atoms with Gasteiger partial charge < -0.3 is 4.74 Å². The van der Waals surface area contributed by atoms with E-state index in [1.165, 1.54) is 0 Å². The van der Waals surface area contributed by atoms with Crippen molar-refractivity contribution in [2.75, 3.05) is 0 Å². The molecule has 0 amide bonds. The molecule has 3 rings (SSSR count). The van der Waals surface area contributed by atoms with Crippen LogP contribution in [0.2, 0.25) is 0 Å². The van der Waals surface area contributed by atoms with Crippen molar-refractivity contribution in [3.8, 4) is 5.75 Å². The average Bonchev–Trinajstić information content (AvgIpc) is 2.97. The Labute approximate surface area is 157 Å². The number of ether oxygens (including phenoxy) is 1. The van der Waals surface area contributed by atoms with E-state index < -0.39 is 0 Å². The fourth-order valence-electron chi connectivity index (χ4n) is 2.52. The number of benzene rings is 2. The van der Waals surface area contributed by atoms with E-state index in [0.29, 0.717) is 10.6 Å². The SMILES string of the molecule is Cc1cc(C)cc(OCc2n[nH]c(=S)n2/N=C\C=C\c2ccccc2)c1. The molecule has 0 unspecified atom stereocenters. The third-order valence-corrected chi connectivity index (χ3v) is 3.90. The van der Waals surface area contributed by atoms with Crippen LogP contribution in [0.3, 0.4) is 0 Å². The minimum Gasteiger partial charge on any atom is -0.486 e. The number of hydrogen-bond donors (Lipinski definition) is 1. The van der Waals surface area contributed by atoms with Crippen LogP contribution >= 0.6 is 12.2 Å². The Morgan fingerprint density at radius 2 is 1.88 bits per heavy atom. The molecule has 1 N–H and O–H groups in total. The summed E-state index contributed by atoms with van der Waals surface area (Å²) in [5.74, 6) is 1.41.